The zero-order valence-electron chi connectivity index (χ0n) is 10.6. The van der Waals surface area contributed by atoms with Crippen LogP contribution in [0.4, 0.5) is 0 Å². The average molecular weight is 231 g/mol. The highest BCUT2D eigenvalue weighted by Gasteiger charge is 2.06. The van der Waals surface area contributed by atoms with E-state index in [1.807, 2.05) is 13.8 Å². The third kappa shape index (κ3) is 3.55. The van der Waals surface area contributed by atoms with E-state index in [9.17, 15) is 9.59 Å². The molecule has 0 unspecified atom stereocenters. The molecule has 0 aliphatic rings. The number of ketones is 2. The predicted molar refractivity (Wildman–Crippen MR) is 69.7 cm³/mol. The molecule has 1 heterocycles. The van der Waals surface area contributed by atoms with Gasteiger partial charge in [-0.15, -0.1) is 0 Å². The summed E-state index contributed by atoms with van der Waals surface area (Å²) in [5.41, 5.74) is 3.98. The fourth-order valence-electron chi connectivity index (χ4n) is 1.47. The summed E-state index contributed by atoms with van der Waals surface area (Å²) in [6, 6.07) is 0. The zero-order valence-corrected chi connectivity index (χ0v) is 10.6. The van der Waals surface area contributed by atoms with Crippen LogP contribution in [0.15, 0.2) is 12.2 Å². The summed E-state index contributed by atoms with van der Waals surface area (Å²) in [7, 11) is 0. The van der Waals surface area contributed by atoms with Gasteiger partial charge in [0.15, 0.2) is 11.6 Å². The van der Waals surface area contributed by atoms with Gasteiger partial charge in [-0.05, 0) is 63.1 Å². The number of H-pyrrole nitrogens is 1. The number of aromatic nitrogens is 1. The number of rotatable bonds is 4. The smallest absolute Gasteiger partial charge is 0.152 e. The fraction of sp³-hybridized carbons (Fsp3) is 0.286. The van der Waals surface area contributed by atoms with E-state index in [1.165, 1.54) is 26.0 Å². The second-order valence-corrected chi connectivity index (χ2v) is 4.09. The Balaban J connectivity index is 3.08. The van der Waals surface area contributed by atoms with Gasteiger partial charge in [-0.3, -0.25) is 9.59 Å². The summed E-state index contributed by atoms with van der Waals surface area (Å²) in [4.78, 5) is 24.9. The average Bonchev–Trinajstić information content (AvgIpc) is 2.51. The molecule has 0 aliphatic heterocycles. The van der Waals surface area contributed by atoms with Gasteiger partial charge in [0.25, 0.3) is 0 Å². The number of hydrogen-bond donors (Lipinski definition) is 1. The molecule has 3 nitrogen and oxygen atoms in total. The van der Waals surface area contributed by atoms with Crippen molar-refractivity contribution in [3.8, 4) is 0 Å². The van der Waals surface area contributed by atoms with Gasteiger partial charge in [-0.25, -0.2) is 0 Å². The van der Waals surface area contributed by atoms with E-state index >= 15 is 0 Å². The van der Waals surface area contributed by atoms with Crippen LogP contribution >= 0.6 is 0 Å². The summed E-state index contributed by atoms with van der Waals surface area (Å²) in [5.74, 6) is 0.0231. The maximum absolute atomic E-state index is 10.9. The first-order valence-electron chi connectivity index (χ1n) is 5.48. The van der Waals surface area contributed by atoms with Crippen LogP contribution < -0.4 is 0 Å². The van der Waals surface area contributed by atoms with Crippen LogP contribution in [0.25, 0.3) is 12.2 Å². The van der Waals surface area contributed by atoms with Gasteiger partial charge in [0, 0.05) is 11.4 Å². The minimum absolute atomic E-state index is 0.0116. The van der Waals surface area contributed by atoms with Gasteiger partial charge in [0.2, 0.25) is 0 Å². The van der Waals surface area contributed by atoms with Crippen molar-refractivity contribution < 1.29 is 9.59 Å². The fourth-order valence-corrected chi connectivity index (χ4v) is 1.47. The largest absolute Gasteiger partial charge is 0.355 e. The van der Waals surface area contributed by atoms with E-state index in [0.29, 0.717) is 0 Å². The Morgan fingerprint density at radius 2 is 1.24 bits per heavy atom. The summed E-state index contributed by atoms with van der Waals surface area (Å²) >= 11 is 0. The van der Waals surface area contributed by atoms with Crippen molar-refractivity contribution in [1.82, 2.24) is 4.98 Å². The second kappa shape index (κ2) is 5.43. The van der Waals surface area contributed by atoms with Crippen LogP contribution in [0.2, 0.25) is 0 Å². The van der Waals surface area contributed by atoms with Crippen molar-refractivity contribution >= 4 is 23.7 Å². The molecule has 3 heteroatoms. The third-order valence-electron chi connectivity index (χ3n) is 2.61. The van der Waals surface area contributed by atoms with E-state index in [1.54, 1.807) is 12.2 Å². The molecule has 0 aliphatic carbocycles. The first kappa shape index (κ1) is 13.2. The lowest BCUT2D eigenvalue weighted by atomic mass is 10.1. The van der Waals surface area contributed by atoms with E-state index in [2.05, 4.69) is 4.98 Å². The molecule has 1 rings (SSSR count). The molecule has 90 valence electrons. The molecule has 0 bridgehead atoms. The molecule has 17 heavy (non-hydrogen) atoms. The molecule has 0 fully saturated rings. The molecule has 0 aromatic carbocycles. The van der Waals surface area contributed by atoms with Crippen LogP contribution in [0.5, 0.6) is 0 Å². The lowest BCUT2D eigenvalue weighted by molar-refractivity contribution is -0.113. The van der Waals surface area contributed by atoms with Crippen molar-refractivity contribution in [2.75, 3.05) is 0 Å². The molecule has 0 amide bonds. The normalized spacial score (nSPS) is 11.5. The molecule has 0 atom stereocenters. The monoisotopic (exact) mass is 231 g/mol. The molecular formula is C14H17NO2. The topological polar surface area (TPSA) is 49.9 Å². The van der Waals surface area contributed by atoms with Crippen molar-refractivity contribution in [1.29, 1.82) is 0 Å². The van der Waals surface area contributed by atoms with Crippen LogP contribution in [0, 0.1) is 13.8 Å². The molecule has 1 aromatic rings. The predicted octanol–water partition coefficient (Wildman–Crippen LogP) is 2.84. The SMILES string of the molecule is CC(=O)/C=C/c1[nH]c(/C=C/C(C)=O)c(C)c1C. The Hall–Kier alpha value is -1.90. The Morgan fingerprint density at radius 3 is 1.53 bits per heavy atom. The minimum atomic E-state index is 0.0116. The number of allylic oxidation sites excluding steroid dienone is 2. The van der Waals surface area contributed by atoms with Crippen LogP contribution in [0.1, 0.15) is 36.4 Å². The zero-order chi connectivity index (χ0) is 13.0. The maximum Gasteiger partial charge on any atom is 0.152 e. The molecule has 0 saturated heterocycles. The summed E-state index contributed by atoms with van der Waals surface area (Å²) in [5, 5.41) is 0. The van der Waals surface area contributed by atoms with Gasteiger partial charge < -0.3 is 4.98 Å². The lowest BCUT2D eigenvalue weighted by Gasteiger charge is -1.91. The molecule has 0 radical (unpaired) electrons. The Kier molecular flexibility index (Phi) is 4.21. The van der Waals surface area contributed by atoms with Crippen molar-refractivity contribution in [2.24, 2.45) is 0 Å². The highest BCUT2D eigenvalue weighted by Crippen LogP contribution is 2.19. The van der Waals surface area contributed by atoms with Gasteiger partial charge in [0.05, 0.1) is 0 Å². The Morgan fingerprint density at radius 1 is 0.882 bits per heavy atom. The van der Waals surface area contributed by atoms with Gasteiger partial charge in [-0.1, -0.05) is 0 Å². The first-order chi connectivity index (χ1) is 7.91. The van der Waals surface area contributed by atoms with E-state index < -0.39 is 0 Å². The van der Waals surface area contributed by atoms with Crippen molar-refractivity contribution in [3.63, 3.8) is 0 Å². The first-order valence-corrected chi connectivity index (χ1v) is 5.48. The van der Waals surface area contributed by atoms with Gasteiger partial charge in [0.1, 0.15) is 0 Å². The minimum Gasteiger partial charge on any atom is -0.355 e. The summed E-state index contributed by atoms with van der Waals surface area (Å²) in [6.45, 7) is 6.99. The highest BCUT2D eigenvalue weighted by molar-refractivity contribution is 5.92. The number of carbonyl (C=O) groups is 2. The Labute approximate surface area is 101 Å². The summed E-state index contributed by atoms with van der Waals surface area (Å²) < 4.78 is 0. The van der Waals surface area contributed by atoms with Crippen molar-refractivity contribution in [2.45, 2.75) is 27.7 Å². The number of nitrogens with one attached hydrogen (secondary N) is 1. The lowest BCUT2D eigenvalue weighted by Crippen LogP contribution is -1.82. The standard InChI is InChI=1S/C14H17NO2/c1-9(16)5-7-13-11(3)12(4)14(15-13)8-6-10(2)17/h5-8,15H,1-4H3/b7-5+,8-6+. The molecular weight excluding hydrogens is 214 g/mol. The number of hydrogen-bond acceptors (Lipinski definition) is 2. The Bertz CT molecular complexity index is 460. The number of aromatic amines is 1. The summed E-state index contributed by atoms with van der Waals surface area (Å²) in [6.07, 6.45) is 6.57. The molecule has 0 spiro atoms. The van der Waals surface area contributed by atoms with E-state index in [0.717, 1.165) is 22.5 Å². The van der Waals surface area contributed by atoms with Gasteiger partial charge in [-0.2, -0.15) is 0 Å². The van der Waals surface area contributed by atoms with Gasteiger partial charge >= 0.3 is 0 Å². The number of carbonyl (C=O) groups excluding carboxylic acids is 2. The molecule has 1 aromatic heterocycles. The van der Waals surface area contributed by atoms with Crippen LogP contribution in [-0.2, 0) is 9.59 Å². The van der Waals surface area contributed by atoms with Crippen molar-refractivity contribution in [3.05, 3.63) is 34.7 Å². The van der Waals surface area contributed by atoms with Crippen LogP contribution in [0.3, 0.4) is 0 Å². The van der Waals surface area contributed by atoms with Crippen LogP contribution in [-0.4, -0.2) is 16.6 Å². The second-order valence-electron chi connectivity index (χ2n) is 4.09. The maximum atomic E-state index is 10.9. The highest BCUT2D eigenvalue weighted by atomic mass is 16.1. The molecule has 0 saturated carbocycles. The van der Waals surface area contributed by atoms with E-state index in [-0.39, 0.29) is 11.6 Å². The molecule has 1 N–H and O–H groups in total. The quantitative estimate of drug-likeness (QED) is 0.810. The van der Waals surface area contributed by atoms with E-state index in [4.69, 9.17) is 0 Å². The third-order valence-corrected chi connectivity index (χ3v) is 2.61.